The highest BCUT2D eigenvalue weighted by Crippen LogP contribution is 2.29. The van der Waals surface area contributed by atoms with Crippen LogP contribution < -0.4 is 20.9 Å². The lowest BCUT2D eigenvalue weighted by Crippen LogP contribution is -2.33. The number of anilines is 3. The molecule has 0 saturated carbocycles. The predicted octanol–water partition coefficient (Wildman–Crippen LogP) is 3.99. The van der Waals surface area contributed by atoms with Gasteiger partial charge in [-0.1, -0.05) is 12.1 Å². The van der Waals surface area contributed by atoms with Gasteiger partial charge >= 0.3 is 12.1 Å². The first-order chi connectivity index (χ1) is 16.4. The molecule has 174 valence electrons. The van der Waals surface area contributed by atoms with Crippen molar-refractivity contribution < 1.29 is 23.5 Å². The number of carbonyl (C=O) groups is 3. The lowest BCUT2D eigenvalue weighted by atomic mass is 10.0. The molecule has 0 radical (unpaired) electrons. The van der Waals surface area contributed by atoms with Gasteiger partial charge in [-0.3, -0.25) is 14.7 Å². The molecule has 1 saturated heterocycles. The third kappa shape index (κ3) is 5.47. The summed E-state index contributed by atoms with van der Waals surface area (Å²) in [7, 11) is 0. The number of benzene rings is 2. The van der Waals surface area contributed by atoms with Gasteiger partial charge in [0, 0.05) is 36.3 Å². The third-order valence-electron chi connectivity index (χ3n) is 5.11. The maximum absolute atomic E-state index is 14.9. The Labute approximate surface area is 194 Å². The van der Waals surface area contributed by atoms with E-state index >= 15 is 0 Å². The first-order valence-electron chi connectivity index (χ1n) is 10.5. The van der Waals surface area contributed by atoms with Gasteiger partial charge in [0.05, 0.1) is 18.8 Å². The lowest BCUT2D eigenvalue weighted by Gasteiger charge is -2.15. The standard InChI is InChI=1S/C24H22FN5O4/c1-15(31)27-13-20-14-30(24(33)34-20)19-6-7-21(22(25)12-19)16-2-4-17(5-3-16)28-23(32)29-18-8-10-26-11-9-18/h2-12,20H,13-14H2,1H3,(H,27,31)(H2,26,28,29,32). The van der Waals surface area contributed by atoms with E-state index in [4.69, 9.17) is 4.74 Å². The molecular formula is C24H22FN5O4. The molecule has 1 atom stereocenters. The number of halogens is 1. The highest BCUT2D eigenvalue weighted by molar-refractivity contribution is 5.99. The minimum Gasteiger partial charge on any atom is -0.442 e. The van der Waals surface area contributed by atoms with Crippen LogP contribution in [0.4, 0.5) is 31.0 Å². The van der Waals surface area contributed by atoms with Crippen LogP contribution in [0.2, 0.25) is 0 Å². The highest BCUT2D eigenvalue weighted by Gasteiger charge is 2.32. The molecule has 1 aromatic heterocycles. The number of rotatable bonds is 6. The van der Waals surface area contributed by atoms with Crippen LogP contribution in [-0.2, 0) is 9.53 Å². The molecule has 1 unspecified atom stereocenters. The highest BCUT2D eigenvalue weighted by atomic mass is 19.1. The second-order valence-corrected chi connectivity index (χ2v) is 7.61. The number of carbonyl (C=O) groups excluding carboxylic acids is 3. The summed E-state index contributed by atoms with van der Waals surface area (Å²) in [4.78, 5) is 40.5. The van der Waals surface area contributed by atoms with Crippen molar-refractivity contribution in [2.24, 2.45) is 0 Å². The van der Waals surface area contributed by atoms with Gasteiger partial charge in [0.2, 0.25) is 5.91 Å². The topological polar surface area (TPSA) is 113 Å². The van der Waals surface area contributed by atoms with Gasteiger partial charge < -0.3 is 20.7 Å². The van der Waals surface area contributed by atoms with Crippen molar-refractivity contribution in [3.8, 4) is 11.1 Å². The van der Waals surface area contributed by atoms with Gasteiger partial charge in [-0.2, -0.15) is 0 Å². The fraction of sp³-hybridized carbons (Fsp3) is 0.167. The number of cyclic esters (lactones) is 1. The van der Waals surface area contributed by atoms with E-state index < -0.39 is 24.0 Å². The molecule has 2 aromatic carbocycles. The molecule has 2 heterocycles. The minimum absolute atomic E-state index is 0.194. The van der Waals surface area contributed by atoms with Gasteiger partial charge in [0.15, 0.2) is 0 Å². The Bertz CT molecular complexity index is 1200. The molecule has 4 rings (SSSR count). The molecule has 1 fully saturated rings. The molecule has 0 spiro atoms. The van der Waals surface area contributed by atoms with Crippen molar-refractivity contribution in [3.63, 3.8) is 0 Å². The van der Waals surface area contributed by atoms with Crippen molar-refractivity contribution in [3.05, 3.63) is 72.8 Å². The van der Waals surface area contributed by atoms with Crippen molar-refractivity contribution >= 4 is 35.1 Å². The Kier molecular flexibility index (Phi) is 6.67. The molecule has 3 N–H and O–H groups in total. The van der Waals surface area contributed by atoms with E-state index in [1.165, 1.54) is 17.9 Å². The maximum Gasteiger partial charge on any atom is 0.414 e. The monoisotopic (exact) mass is 463 g/mol. The molecule has 4 amide bonds. The minimum atomic E-state index is -0.594. The van der Waals surface area contributed by atoms with Crippen LogP contribution in [0.5, 0.6) is 0 Å². The molecule has 0 aliphatic carbocycles. The summed E-state index contributed by atoms with van der Waals surface area (Å²) in [5, 5.41) is 7.99. The average molecular weight is 463 g/mol. The summed E-state index contributed by atoms with van der Waals surface area (Å²) < 4.78 is 20.1. The van der Waals surface area contributed by atoms with Crippen LogP contribution in [0.15, 0.2) is 67.0 Å². The van der Waals surface area contributed by atoms with Gasteiger partial charge in [0.25, 0.3) is 0 Å². The van der Waals surface area contributed by atoms with E-state index in [9.17, 15) is 18.8 Å². The van der Waals surface area contributed by atoms with Crippen molar-refractivity contribution in [2.45, 2.75) is 13.0 Å². The Hall–Kier alpha value is -4.47. The van der Waals surface area contributed by atoms with Crippen LogP contribution in [0.3, 0.4) is 0 Å². The Morgan fingerprint density at radius 2 is 1.74 bits per heavy atom. The zero-order valence-electron chi connectivity index (χ0n) is 18.2. The second kappa shape index (κ2) is 9.99. The van der Waals surface area contributed by atoms with Crippen molar-refractivity contribution in [1.29, 1.82) is 0 Å². The summed E-state index contributed by atoms with van der Waals surface area (Å²) in [6.45, 7) is 1.78. The third-order valence-corrected chi connectivity index (χ3v) is 5.11. The smallest absolute Gasteiger partial charge is 0.414 e. The summed E-state index contributed by atoms with van der Waals surface area (Å²) >= 11 is 0. The fourth-order valence-electron chi connectivity index (χ4n) is 3.46. The first-order valence-corrected chi connectivity index (χ1v) is 10.5. The summed E-state index contributed by atoms with van der Waals surface area (Å²) in [5.41, 5.74) is 2.46. The number of pyridine rings is 1. The molecule has 1 aliphatic heterocycles. The van der Waals surface area contributed by atoms with Gasteiger partial charge in [-0.05, 0) is 48.0 Å². The van der Waals surface area contributed by atoms with Crippen LogP contribution in [0.1, 0.15) is 6.92 Å². The van der Waals surface area contributed by atoms with Gasteiger partial charge in [-0.25, -0.2) is 14.0 Å². The van der Waals surface area contributed by atoms with E-state index in [2.05, 4.69) is 20.9 Å². The number of amides is 4. The second-order valence-electron chi connectivity index (χ2n) is 7.61. The molecule has 10 heteroatoms. The van der Waals surface area contributed by atoms with Crippen molar-refractivity contribution in [2.75, 3.05) is 28.6 Å². The number of hydrogen-bond donors (Lipinski definition) is 3. The molecule has 1 aliphatic rings. The lowest BCUT2D eigenvalue weighted by molar-refractivity contribution is -0.119. The zero-order chi connectivity index (χ0) is 24.1. The van der Waals surface area contributed by atoms with Crippen molar-refractivity contribution in [1.82, 2.24) is 10.3 Å². The Balaban J connectivity index is 1.40. The van der Waals surface area contributed by atoms with Gasteiger partial charge in [-0.15, -0.1) is 0 Å². The van der Waals surface area contributed by atoms with E-state index in [-0.39, 0.29) is 19.0 Å². The number of nitrogens with one attached hydrogen (secondary N) is 3. The first kappa shape index (κ1) is 22.7. The number of urea groups is 1. The van der Waals surface area contributed by atoms with Crippen LogP contribution in [0.25, 0.3) is 11.1 Å². The average Bonchev–Trinajstić information content (AvgIpc) is 3.19. The largest absolute Gasteiger partial charge is 0.442 e. The quantitative estimate of drug-likeness (QED) is 0.512. The van der Waals surface area contributed by atoms with Crippen LogP contribution >= 0.6 is 0 Å². The Morgan fingerprint density at radius 1 is 1.06 bits per heavy atom. The molecular weight excluding hydrogens is 441 g/mol. The summed E-state index contributed by atoms with van der Waals surface area (Å²) in [6.07, 6.45) is 2.04. The molecule has 0 bridgehead atoms. The van der Waals surface area contributed by atoms with Gasteiger partial charge in [0.1, 0.15) is 11.9 Å². The van der Waals surface area contributed by atoms with E-state index in [0.717, 1.165) is 0 Å². The molecule has 34 heavy (non-hydrogen) atoms. The van der Waals surface area contributed by atoms with E-state index in [1.54, 1.807) is 60.9 Å². The van der Waals surface area contributed by atoms with E-state index in [0.29, 0.717) is 28.2 Å². The summed E-state index contributed by atoms with van der Waals surface area (Å²) in [5.74, 6) is -0.729. The normalized spacial score (nSPS) is 14.9. The molecule has 9 nitrogen and oxygen atoms in total. The molecule has 3 aromatic rings. The number of ether oxygens (including phenoxy) is 1. The zero-order valence-corrected chi connectivity index (χ0v) is 18.2. The number of hydrogen-bond acceptors (Lipinski definition) is 5. The fourth-order valence-corrected chi connectivity index (χ4v) is 3.46. The van der Waals surface area contributed by atoms with Crippen LogP contribution in [0, 0.1) is 5.82 Å². The maximum atomic E-state index is 14.9. The van der Waals surface area contributed by atoms with E-state index in [1.807, 2.05) is 0 Å². The predicted molar refractivity (Wildman–Crippen MR) is 125 cm³/mol. The number of nitrogens with zero attached hydrogens (tertiary/aromatic N) is 2. The summed E-state index contributed by atoms with van der Waals surface area (Å²) in [6, 6.07) is 14.1. The Morgan fingerprint density at radius 3 is 2.38 bits per heavy atom. The van der Waals surface area contributed by atoms with Crippen LogP contribution in [-0.4, -0.2) is 42.2 Å². The SMILES string of the molecule is CC(=O)NCC1CN(c2ccc(-c3ccc(NC(=O)Nc4ccncc4)cc3)c(F)c2)C(=O)O1. The number of aromatic nitrogens is 1.